The second-order valence-electron chi connectivity index (χ2n) is 7.29. The molecule has 0 bridgehead atoms. The van der Waals surface area contributed by atoms with Crippen LogP contribution in [0.15, 0.2) is 11.1 Å². The van der Waals surface area contributed by atoms with Crippen LogP contribution in [0.5, 0.6) is 0 Å². The second-order valence-corrected chi connectivity index (χ2v) is 7.29. The van der Waals surface area contributed by atoms with Crippen molar-refractivity contribution in [3.8, 4) is 0 Å². The predicted octanol–water partition coefficient (Wildman–Crippen LogP) is -0.836. The monoisotopic (exact) mass is 424 g/mol. The van der Waals surface area contributed by atoms with Crippen LogP contribution in [0.1, 0.15) is 37.1 Å². The average Bonchev–Trinajstić information content (AvgIpc) is 2.99. The number of nitrogens with one attached hydrogen (secondary N) is 1. The molecule has 0 unspecified atom stereocenters. The Balaban J connectivity index is 2.39. The number of carboxylic acid groups (broad SMARTS) is 1. The van der Waals surface area contributed by atoms with E-state index in [0.717, 1.165) is 31.0 Å². The van der Waals surface area contributed by atoms with Gasteiger partial charge >= 0.3 is 5.97 Å². The zero-order chi connectivity index (χ0) is 22.5. The fourth-order valence-electron chi connectivity index (χ4n) is 3.15. The zero-order valence-corrected chi connectivity index (χ0v) is 18.0. The van der Waals surface area contributed by atoms with E-state index in [9.17, 15) is 14.7 Å². The number of aliphatic carboxylic acids is 1. The number of aromatic nitrogens is 2. The molecule has 0 aliphatic carbocycles. The van der Waals surface area contributed by atoms with Gasteiger partial charge in [0.15, 0.2) is 5.96 Å². The second kappa shape index (κ2) is 13.5. The minimum atomic E-state index is -1.07. The molecule has 11 heteroatoms. The highest BCUT2D eigenvalue weighted by molar-refractivity contribution is 5.83. The van der Waals surface area contributed by atoms with E-state index in [1.54, 1.807) is 0 Å². The topological polar surface area (TPSA) is 178 Å². The van der Waals surface area contributed by atoms with Gasteiger partial charge in [-0.15, -0.1) is 0 Å². The number of rotatable bonds is 15. The Hall–Kier alpha value is -2.66. The van der Waals surface area contributed by atoms with E-state index in [4.69, 9.17) is 17.2 Å². The maximum Gasteiger partial charge on any atom is 0.326 e. The molecule has 1 atom stereocenters. The van der Waals surface area contributed by atoms with Gasteiger partial charge < -0.3 is 32.5 Å². The minimum absolute atomic E-state index is 0.0363. The Bertz CT molecular complexity index is 700. The molecule has 170 valence electrons. The number of carbonyl (C=O) groups is 2. The molecule has 1 aromatic rings. The van der Waals surface area contributed by atoms with Crippen molar-refractivity contribution < 1.29 is 14.7 Å². The molecular formula is C19H36N8O3. The summed E-state index contributed by atoms with van der Waals surface area (Å²) in [6.07, 6.45) is 1.59. The lowest BCUT2D eigenvalue weighted by Crippen LogP contribution is -2.41. The molecule has 1 amide bonds. The number of hydrogen-bond acceptors (Lipinski definition) is 6. The van der Waals surface area contributed by atoms with Crippen molar-refractivity contribution in [2.75, 3.05) is 32.7 Å². The summed E-state index contributed by atoms with van der Waals surface area (Å²) in [7, 11) is 0. The molecular weight excluding hydrogens is 388 g/mol. The number of aryl methyl sites for hydroxylation is 2. The first-order valence-electron chi connectivity index (χ1n) is 10.2. The van der Waals surface area contributed by atoms with Crippen molar-refractivity contribution in [2.24, 2.45) is 22.2 Å². The maximum atomic E-state index is 12.2. The molecule has 0 spiro atoms. The summed E-state index contributed by atoms with van der Waals surface area (Å²) in [6, 6.07) is 1.09. The highest BCUT2D eigenvalue weighted by Gasteiger charge is 2.19. The van der Waals surface area contributed by atoms with Crippen molar-refractivity contribution in [3.05, 3.63) is 17.5 Å². The predicted molar refractivity (Wildman–Crippen MR) is 116 cm³/mol. The quantitative estimate of drug-likeness (QED) is 0.137. The fourth-order valence-corrected chi connectivity index (χ4v) is 3.15. The third kappa shape index (κ3) is 10.2. The van der Waals surface area contributed by atoms with Crippen LogP contribution in [-0.4, -0.2) is 76.4 Å². The molecule has 0 fully saturated rings. The van der Waals surface area contributed by atoms with E-state index >= 15 is 0 Å². The summed E-state index contributed by atoms with van der Waals surface area (Å²) in [6.45, 7) is 7.80. The van der Waals surface area contributed by atoms with Gasteiger partial charge in [0.05, 0.1) is 12.2 Å². The van der Waals surface area contributed by atoms with Gasteiger partial charge in [0.25, 0.3) is 0 Å². The lowest BCUT2D eigenvalue weighted by Gasteiger charge is -2.22. The molecule has 0 saturated carbocycles. The molecule has 8 N–H and O–H groups in total. The van der Waals surface area contributed by atoms with Crippen LogP contribution in [0.4, 0.5) is 0 Å². The number of nitrogens with zero attached hydrogens (tertiary/aromatic N) is 4. The Kier molecular flexibility index (Phi) is 11.5. The van der Waals surface area contributed by atoms with Crippen LogP contribution >= 0.6 is 0 Å². The molecule has 1 rings (SSSR count). The van der Waals surface area contributed by atoms with Gasteiger partial charge in [0.2, 0.25) is 5.91 Å². The summed E-state index contributed by atoms with van der Waals surface area (Å²) in [5, 5.41) is 16.3. The molecule has 0 saturated heterocycles. The van der Waals surface area contributed by atoms with Crippen LogP contribution in [0.2, 0.25) is 0 Å². The number of amides is 1. The summed E-state index contributed by atoms with van der Waals surface area (Å²) in [5.41, 5.74) is 18.3. The lowest BCUT2D eigenvalue weighted by atomic mass is 10.1. The van der Waals surface area contributed by atoms with Crippen LogP contribution in [-0.2, 0) is 16.1 Å². The summed E-state index contributed by atoms with van der Waals surface area (Å²) in [5.74, 6) is -1.39. The number of nitrogens with two attached hydrogens (primary N) is 3. The van der Waals surface area contributed by atoms with E-state index in [0.29, 0.717) is 32.5 Å². The number of carboxylic acids is 1. The van der Waals surface area contributed by atoms with Crippen molar-refractivity contribution in [1.82, 2.24) is 20.0 Å². The highest BCUT2D eigenvalue weighted by atomic mass is 16.4. The standard InChI is InChI=1S/C19H36N8O3/c1-14-13-15(2)27(25-14)12-11-26(10-7-20)9-4-6-17(28)24-16(18(29)30)5-3-8-23-19(21)22/h13,16H,3-12,20H2,1-2H3,(H,24,28)(H,29,30)(H4,21,22,23)/t16-/m0/s1. The Morgan fingerprint density at radius 3 is 2.57 bits per heavy atom. The molecule has 0 aliphatic heterocycles. The molecule has 30 heavy (non-hydrogen) atoms. The van der Waals surface area contributed by atoms with E-state index in [2.05, 4.69) is 20.3 Å². The Labute approximate surface area is 177 Å². The van der Waals surface area contributed by atoms with Gasteiger partial charge in [-0.1, -0.05) is 0 Å². The summed E-state index contributed by atoms with van der Waals surface area (Å²) >= 11 is 0. The van der Waals surface area contributed by atoms with Gasteiger partial charge in [-0.2, -0.15) is 5.10 Å². The third-order valence-corrected chi connectivity index (χ3v) is 4.63. The summed E-state index contributed by atoms with van der Waals surface area (Å²) in [4.78, 5) is 29.5. The molecule has 1 heterocycles. The van der Waals surface area contributed by atoms with E-state index in [-0.39, 0.29) is 24.7 Å². The van der Waals surface area contributed by atoms with Crippen LogP contribution in [0.25, 0.3) is 0 Å². The first kappa shape index (κ1) is 25.4. The van der Waals surface area contributed by atoms with Gasteiger partial charge in [0, 0.05) is 38.3 Å². The number of carbonyl (C=O) groups excluding carboxylic acids is 1. The van der Waals surface area contributed by atoms with Crippen molar-refractivity contribution in [2.45, 2.75) is 52.1 Å². The van der Waals surface area contributed by atoms with E-state index in [1.165, 1.54) is 0 Å². The van der Waals surface area contributed by atoms with Crippen molar-refractivity contribution >= 4 is 17.8 Å². The lowest BCUT2D eigenvalue weighted by molar-refractivity contribution is -0.142. The van der Waals surface area contributed by atoms with Gasteiger partial charge in [-0.25, -0.2) is 4.79 Å². The van der Waals surface area contributed by atoms with Crippen molar-refractivity contribution in [3.63, 3.8) is 0 Å². The smallest absolute Gasteiger partial charge is 0.326 e. The highest BCUT2D eigenvalue weighted by Crippen LogP contribution is 2.04. The third-order valence-electron chi connectivity index (χ3n) is 4.63. The van der Waals surface area contributed by atoms with Crippen molar-refractivity contribution in [1.29, 1.82) is 0 Å². The largest absolute Gasteiger partial charge is 0.480 e. The van der Waals surface area contributed by atoms with Crippen LogP contribution in [0.3, 0.4) is 0 Å². The SMILES string of the molecule is Cc1cc(C)n(CCN(CCN)CCCC(=O)N[C@@H](CCCN=C(N)N)C(=O)O)n1. The Morgan fingerprint density at radius 2 is 2.00 bits per heavy atom. The first-order chi connectivity index (χ1) is 14.2. The normalized spacial score (nSPS) is 12.0. The van der Waals surface area contributed by atoms with Crippen LogP contribution in [0, 0.1) is 13.8 Å². The Morgan fingerprint density at radius 1 is 1.27 bits per heavy atom. The van der Waals surface area contributed by atoms with Gasteiger partial charge in [0.1, 0.15) is 6.04 Å². The van der Waals surface area contributed by atoms with E-state index in [1.807, 2.05) is 24.6 Å². The molecule has 0 radical (unpaired) electrons. The molecule has 11 nitrogen and oxygen atoms in total. The zero-order valence-electron chi connectivity index (χ0n) is 18.0. The van der Waals surface area contributed by atoms with Gasteiger partial charge in [-0.3, -0.25) is 14.5 Å². The first-order valence-corrected chi connectivity index (χ1v) is 10.2. The fraction of sp³-hybridized carbons (Fsp3) is 0.684. The molecule has 1 aromatic heterocycles. The number of aliphatic imine (C=N–C) groups is 1. The molecule has 0 aromatic carbocycles. The number of guanidine groups is 1. The average molecular weight is 425 g/mol. The van der Waals surface area contributed by atoms with E-state index < -0.39 is 12.0 Å². The van der Waals surface area contributed by atoms with Gasteiger partial charge in [-0.05, 0) is 45.7 Å². The number of hydrogen-bond donors (Lipinski definition) is 5. The molecule has 0 aliphatic rings. The van der Waals surface area contributed by atoms with Crippen LogP contribution < -0.4 is 22.5 Å². The summed E-state index contributed by atoms with van der Waals surface area (Å²) < 4.78 is 1.96. The minimum Gasteiger partial charge on any atom is -0.480 e. The maximum absolute atomic E-state index is 12.2.